The molecule has 1 amide bonds. The van der Waals surface area contributed by atoms with Gasteiger partial charge in [0.2, 0.25) is 0 Å². The Kier molecular flexibility index (Phi) is 2.96. The van der Waals surface area contributed by atoms with Crippen molar-refractivity contribution in [3.05, 3.63) is 35.5 Å². The van der Waals surface area contributed by atoms with Crippen molar-refractivity contribution in [3.8, 4) is 0 Å². The van der Waals surface area contributed by atoms with Gasteiger partial charge >= 0.3 is 6.09 Å². The van der Waals surface area contributed by atoms with Crippen LogP contribution in [0.1, 0.15) is 32.8 Å². The molecule has 0 spiro atoms. The average molecular weight is 271 g/mol. The molecular weight excluding hydrogens is 252 g/mol. The zero-order valence-electron chi connectivity index (χ0n) is 12.1. The van der Waals surface area contributed by atoms with Gasteiger partial charge in [0.25, 0.3) is 0 Å². The predicted octanol–water partition coefficient (Wildman–Crippen LogP) is 3.29. The van der Waals surface area contributed by atoms with Gasteiger partial charge in [-0.1, -0.05) is 18.2 Å². The van der Waals surface area contributed by atoms with E-state index < -0.39 is 5.60 Å². The summed E-state index contributed by atoms with van der Waals surface area (Å²) in [7, 11) is 0. The lowest BCUT2D eigenvalue weighted by atomic mass is 10.0. The van der Waals surface area contributed by atoms with E-state index in [1.807, 2.05) is 39.0 Å². The van der Waals surface area contributed by atoms with E-state index in [0.717, 1.165) is 28.9 Å². The molecule has 1 radical (unpaired) electrons. The molecule has 0 saturated carbocycles. The fourth-order valence-electron chi connectivity index (χ4n) is 2.57. The molecule has 105 valence electrons. The van der Waals surface area contributed by atoms with Crippen LogP contribution in [0.5, 0.6) is 0 Å². The van der Waals surface area contributed by atoms with E-state index in [2.05, 4.69) is 11.4 Å². The maximum atomic E-state index is 12.2. The van der Waals surface area contributed by atoms with Crippen molar-refractivity contribution in [2.45, 2.75) is 32.8 Å². The molecule has 0 atom stereocenters. The third kappa shape index (κ3) is 2.38. The smallest absolute Gasteiger partial charge is 0.410 e. The maximum Gasteiger partial charge on any atom is 0.410 e. The summed E-state index contributed by atoms with van der Waals surface area (Å²) < 4.78 is 5.45. The second-order valence-electron chi connectivity index (χ2n) is 6.21. The summed E-state index contributed by atoms with van der Waals surface area (Å²) >= 11 is 0. The van der Waals surface area contributed by atoms with Gasteiger partial charge in [0.1, 0.15) is 5.60 Å². The lowest BCUT2D eigenvalue weighted by Gasteiger charge is -2.30. The van der Waals surface area contributed by atoms with Crippen LogP contribution in [0, 0.1) is 0 Å². The van der Waals surface area contributed by atoms with Crippen LogP contribution in [0.25, 0.3) is 5.57 Å². The van der Waals surface area contributed by atoms with E-state index in [1.54, 1.807) is 4.90 Å². The SMILES string of the molecule is CC(C)(C)OC(=O)N1CCC2=C(C1)c1ccccc1[N]2. The molecule has 0 aromatic heterocycles. The number of para-hydroxylation sites is 1. The summed E-state index contributed by atoms with van der Waals surface area (Å²) in [6, 6.07) is 8.09. The van der Waals surface area contributed by atoms with Gasteiger partial charge in [-0.3, -0.25) is 5.32 Å². The Bertz CT molecular complexity index is 584. The minimum atomic E-state index is -0.455. The van der Waals surface area contributed by atoms with Crippen molar-refractivity contribution >= 4 is 17.4 Å². The number of nitrogens with zero attached hydrogens (tertiary/aromatic N) is 2. The molecule has 0 fully saturated rings. The average Bonchev–Trinajstić information content (AvgIpc) is 2.74. The molecule has 0 bridgehead atoms. The van der Waals surface area contributed by atoms with Crippen molar-refractivity contribution in [3.63, 3.8) is 0 Å². The molecule has 1 aromatic carbocycles. The standard InChI is InChI=1S/C16H19N2O2/c1-16(2,3)20-15(19)18-9-8-14-12(10-18)11-6-4-5-7-13(11)17-14/h4-7H,8-10H2,1-3H3. The van der Waals surface area contributed by atoms with Crippen LogP contribution in [0.4, 0.5) is 10.5 Å². The van der Waals surface area contributed by atoms with E-state index in [9.17, 15) is 4.79 Å². The van der Waals surface area contributed by atoms with Gasteiger partial charge < -0.3 is 9.64 Å². The lowest BCUT2D eigenvalue weighted by Crippen LogP contribution is -2.40. The minimum absolute atomic E-state index is 0.242. The van der Waals surface area contributed by atoms with Crippen molar-refractivity contribution < 1.29 is 9.53 Å². The Morgan fingerprint density at radius 3 is 2.80 bits per heavy atom. The fourth-order valence-corrected chi connectivity index (χ4v) is 2.57. The van der Waals surface area contributed by atoms with Crippen LogP contribution in [0.3, 0.4) is 0 Å². The fraction of sp³-hybridized carbons (Fsp3) is 0.438. The van der Waals surface area contributed by atoms with Gasteiger partial charge in [-0.15, -0.1) is 0 Å². The summed E-state index contributed by atoms with van der Waals surface area (Å²) in [4.78, 5) is 13.9. The van der Waals surface area contributed by atoms with Gasteiger partial charge in [0.15, 0.2) is 0 Å². The molecule has 0 unspecified atom stereocenters. The molecule has 20 heavy (non-hydrogen) atoms. The normalized spacial score (nSPS) is 17.4. The molecule has 3 rings (SSSR count). The highest BCUT2D eigenvalue weighted by atomic mass is 16.6. The first-order chi connectivity index (χ1) is 9.44. The van der Waals surface area contributed by atoms with E-state index in [-0.39, 0.29) is 6.09 Å². The molecule has 2 heterocycles. The van der Waals surface area contributed by atoms with Crippen LogP contribution in [-0.4, -0.2) is 29.7 Å². The molecule has 2 aliphatic heterocycles. The van der Waals surface area contributed by atoms with Crippen molar-refractivity contribution in [2.24, 2.45) is 0 Å². The van der Waals surface area contributed by atoms with Crippen LogP contribution < -0.4 is 5.32 Å². The highest BCUT2D eigenvalue weighted by molar-refractivity contribution is 5.85. The molecule has 0 N–H and O–H groups in total. The monoisotopic (exact) mass is 271 g/mol. The first-order valence-corrected chi connectivity index (χ1v) is 6.95. The number of hydrogen-bond donors (Lipinski definition) is 0. The van der Waals surface area contributed by atoms with Gasteiger partial charge in [-0.05, 0) is 26.8 Å². The minimum Gasteiger partial charge on any atom is -0.444 e. The number of ether oxygens (including phenoxy) is 1. The van der Waals surface area contributed by atoms with Gasteiger partial charge in [-0.2, -0.15) is 0 Å². The number of hydrogen-bond acceptors (Lipinski definition) is 2. The number of benzene rings is 1. The topological polar surface area (TPSA) is 43.6 Å². The zero-order chi connectivity index (χ0) is 14.3. The summed E-state index contributed by atoms with van der Waals surface area (Å²) in [5, 5.41) is 4.64. The molecule has 1 aromatic rings. The quantitative estimate of drug-likeness (QED) is 0.726. The van der Waals surface area contributed by atoms with Crippen molar-refractivity contribution in [1.29, 1.82) is 0 Å². The van der Waals surface area contributed by atoms with E-state index in [0.29, 0.717) is 13.1 Å². The molecule has 4 nitrogen and oxygen atoms in total. The Hall–Kier alpha value is -1.97. The van der Waals surface area contributed by atoms with Crippen molar-refractivity contribution in [2.75, 3.05) is 13.1 Å². The number of fused-ring (bicyclic) bond motifs is 2. The molecule has 0 saturated heterocycles. The van der Waals surface area contributed by atoms with Gasteiger partial charge in [0.05, 0.1) is 12.2 Å². The highest BCUT2D eigenvalue weighted by Crippen LogP contribution is 2.38. The second kappa shape index (κ2) is 4.54. The maximum absolute atomic E-state index is 12.2. The summed E-state index contributed by atoms with van der Waals surface area (Å²) in [5.74, 6) is 0. The Balaban J connectivity index is 1.78. The Morgan fingerprint density at radius 2 is 2.05 bits per heavy atom. The third-order valence-electron chi connectivity index (χ3n) is 3.45. The van der Waals surface area contributed by atoms with Crippen LogP contribution in [0.2, 0.25) is 0 Å². The first-order valence-electron chi connectivity index (χ1n) is 6.95. The van der Waals surface area contributed by atoms with E-state index in [1.165, 1.54) is 0 Å². The van der Waals surface area contributed by atoms with Gasteiger partial charge in [-0.25, -0.2) is 4.79 Å². The van der Waals surface area contributed by atoms with Crippen molar-refractivity contribution in [1.82, 2.24) is 10.2 Å². The number of carbonyl (C=O) groups is 1. The summed E-state index contributed by atoms with van der Waals surface area (Å²) in [5.41, 5.74) is 3.99. The largest absolute Gasteiger partial charge is 0.444 e. The van der Waals surface area contributed by atoms with Crippen LogP contribution in [-0.2, 0) is 4.74 Å². The summed E-state index contributed by atoms with van der Waals surface area (Å²) in [6.45, 7) is 6.93. The van der Waals surface area contributed by atoms with E-state index in [4.69, 9.17) is 4.74 Å². The molecule has 2 aliphatic rings. The third-order valence-corrected chi connectivity index (χ3v) is 3.45. The van der Waals surface area contributed by atoms with E-state index >= 15 is 0 Å². The van der Waals surface area contributed by atoms with Crippen LogP contribution in [0.15, 0.2) is 30.0 Å². The molecule has 4 heteroatoms. The first kappa shape index (κ1) is 13.0. The van der Waals surface area contributed by atoms with Gasteiger partial charge in [0, 0.05) is 29.8 Å². The summed E-state index contributed by atoms with van der Waals surface area (Å²) in [6.07, 6.45) is 0.553. The lowest BCUT2D eigenvalue weighted by molar-refractivity contribution is 0.0271. The Labute approximate surface area is 119 Å². The second-order valence-corrected chi connectivity index (χ2v) is 6.21. The zero-order valence-corrected chi connectivity index (χ0v) is 12.1. The number of amides is 1. The molecule has 0 aliphatic carbocycles. The number of carbonyl (C=O) groups excluding carboxylic acids is 1. The van der Waals surface area contributed by atoms with Crippen LogP contribution >= 0.6 is 0 Å². The Morgan fingerprint density at radius 1 is 1.30 bits per heavy atom. The highest BCUT2D eigenvalue weighted by Gasteiger charge is 2.31. The predicted molar refractivity (Wildman–Crippen MR) is 77.6 cm³/mol. The molecular formula is C16H19N2O2. The number of rotatable bonds is 0.